The molecule has 0 aromatic carbocycles. The zero-order valence-electron chi connectivity index (χ0n) is 11.7. The van der Waals surface area contributed by atoms with Gasteiger partial charge in [0, 0.05) is 24.6 Å². The number of anilines is 2. The molecular formula is C11H21N5O2S. The summed E-state index contributed by atoms with van der Waals surface area (Å²) >= 11 is 0. The lowest BCUT2D eigenvalue weighted by atomic mass is 10.2. The first-order valence-electron chi connectivity index (χ1n) is 6.03. The predicted octanol–water partition coefficient (Wildman–Crippen LogP) is 0.452. The number of hydrogen-bond acceptors (Lipinski definition) is 6. The summed E-state index contributed by atoms with van der Waals surface area (Å²) in [6.45, 7) is 6.52. The molecule has 0 radical (unpaired) electrons. The molecule has 0 aliphatic rings. The quantitative estimate of drug-likeness (QED) is 0.655. The van der Waals surface area contributed by atoms with E-state index in [0.717, 1.165) is 11.8 Å². The van der Waals surface area contributed by atoms with Crippen LogP contribution in [0.25, 0.3) is 0 Å². The molecule has 0 amide bonds. The normalized spacial score (nSPS) is 11.8. The second kappa shape index (κ2) is 6.16. The summed E-state index contributed by atoms with van der Waals surface area (Å²) in [5.41, 5.74) is 6.60. The van der Waals surface area contributed by atoms with E-state index in [0.29, 0.717) is 30.5 Å². The first-order chi connectivity index (χ1) is 8.70. The van der Waals surface area contributed by atoms with Gasteiger partial charge in [0.15, 0.2) is 0 Å². The topological polar surface area (TPSA) is 110 Å². The maximum atomic E-state index is 10.9. The van der Waals surface area contributed by atoms with Crippen molar-refractivity contribution in [1.29, 1.82) is 0 Å². The Balaban J connectivity index is 2.72. The van der Waals surface area contributed by atoms with Crippen LogP contribution < -0.4 is 15.8 Å². The SMILES string of the molecule is Cc1c(N)nc(C(C)C)nc1NCCNS(C)(=O)=O. The number of nitrogen functional groups attached to an aromatic ring is 1. The summed E-state index contributed by atoms with van der Waals surface area (Å²) in [4.78, 5) is 8.60. The molecule has 0 aliphatic heterocycles. The van der Waals surface area contributed by atoms with E-state index in [-0.39, 0.29) is 5.92 Å². The average Bonchev–Trinajstić information content (AvgIpc) is 2.27. The van der Waals surface area contributed by atoms with Gasteiger partial charge in [0.05, 0.1) is 6.26 Å². The molecule has 0 atom stereocenters. The number of nitrogens with two attached hydrogens (primary N) is 1. The summed E-state index contributed by atoms with van der Waals surface area (Å²) in [6, 6.07) is 0. The van der Waals surface area contributed by atoms with E-state index in [1.807, 2.05) is 20.8 Å². The van der Waals surface area contributed by atoms with Gasteiger partial charge in [-0.2, -0.15) is 0 Å². The van der Waals surface area contributed by atoms with Gasteiger partial charge in [-0.05, 0) is 6.92 Å². The second-order valence-electron chi connectivity index (χ2n) is 4.69. The molecule has 1 rings (SSSR count). The molecule has 8 heteroatoms. The van der Waals surface area contributed by atoms with E-state index in [9.17, 15) is 8.42 Å². The summed E-state index contributed by atoms with van der Waals surface area (Å²) in [5, 5.41) is 3.06. The highest BCUT2D eigenvalue weighted by molar-refractivity contribution is 7.88. The van der Waals surface area contributed by atoms with Crippen LogP contribution >= 0.6 is 0 Å². The average molecular weight is 287 g/mol. The van der Waals surface area contributed by atoms with Gasteiger partial charge in [-0.25, -0.2) is 23.1 Å². The van der Waals surface area contributed by atoms with Crippen LogP contribution in [0.1, 0.15) is 31.2 Å². The third-order valence-electron chi connectivity index (χ3n) is 2.50. The Labute approximate surface area is 114 Å². The second-order valence-corrected chi connectivity index (χ2v) is 6.52. The van der Waals surface area contributed by atoms with Crippen LogP contribution in [-0.4, -0.2) is 37.7 Å². The van der Waals surface area contributed by atoms with Crippen LogP contribution in [0, 0.1) is 6.92 Å². The van der Waals surface area contributed by atoms with E-state index < -0.39 is 10.0 Å². The van der Waals surface area contributed by atoms with Gasteiger partial charge in [0.1, 0.15) is 17.5 Å². The van der Waals surface area contributed by atoms with Crippen molar-refractivity contribution in [3.05, 3.63) is 11.4 Å². The number of rotatable bonds is 6. The summed E-state index contributed by atoms with van der Waals surface area (Å²) in [7, 11) is -3.17. The highest BCUT2D eigenvalue weighted by Crippen LogP contribution is 2.20. The standard InChI is InChI=1S/C11H21N5O2S/c1-7(2)10-15-9(12)8(3)11(16-10)13-5-6-14-19(4,17)18/h7,14H,5-6H2,1-4H3,(H3,12,13,15,16). The van der Waals surface area contributed by atoms with E-state index in [1.165, 1.54) is 0 Å². The smallest absolute Gasteiger partial charge is 0.208 e. The largest absolute Gasteiger partial charge is 0.383 e. The van der Waals surface area contributed by atoms with Gasteiger partial charge < -0.3 is 11.1 Å². The molecule has 108 valence electrons. The van der Waals surface area contributed by atoms with Crippen LogP contribution in [0.4, 0.5) is 11.6 Å². The maximum absolute atomic E-state index is 10.9. The molecule has 4 N–H and O–H groups in total. The molecule has 1 heterocycles. The van der Waals surface area contributed by atoms with Crippen LogP contribution in [0.2, 0.25) is 0 Å². The monoisotopic (exact) mass is 287 g/mol. The summed E-state index contributed by atoms with van der Waals surface area (Å²) in [6.07, 6.45) is 1.12. The minimum absolute atomic E-state index is 0.178. The predicted molar refractivity (Wildman–Crippen MR) is 76.6 cm³/mol. The number of nitrogens with one attached hydrogen (secondary N) is 2. The molecule has 1 aromatic heterocycles. The van der Waals surface area contributed by atoms with Gasteiger partial charge in [0.2, 0.25) is 10.0 Å². The molecule has 0 spiro atoms. The van der Waals surface area contributed by atoms with Crippen molar-refractivity contribution in [2.75, 3.05) is 30.4 Å². The molecule has 0 aliphatic carbocycles. The highest BCUT2D eigenvalue weighted by Gasteiger charge is 2.10. The van der Waals surface area contributed by atoms with E-state index in [4.69, 9.17) is 5.73 Å². The molecule has 0 bridgehead atoms. The van der Waals surface area contributed by atoms with Crippen molar-refractivity contribution < 1.29 is 8.42 Å². The molecule has 19 heavy (non-hydrogen) atoms. The zero-order chi connectivity index (χ0) is 14.6. The van der Waals surface area contributed by atoms with E-state index >= 15 is 0 Å². The Morgan fingerprint density at radius 3 is 2.42 bits per heavy atom. The van der Waals surface area contributed by atoms with Crippen molar-refractivity contribution >= 4 is 21.7 Å². The van der Waals surface area contributed by atoms with Crippen molar-refractivity contribution in [3.63, 3.8) is 0 Å². The Kier molecular flexibility index (Phi) is 5.07. The van der Waals surface area contributed by atoms with E-state index in [1.54, 1.807) is 0 Å². The van der Waals surface area contributed by atoms with Gasteiger partial charge in [-0.15, -0.1) is 0 Å². The fraction of sp³-hybridized carbons (Fsp3) is 0.636. The van der Waals surface area contributed by atoms with Crippen LogP contribution in [-0.2, 0) is 10.0 Å². The van der Waals surface area contributed by atoms with Crippen LogP contribution in [0.5, 0.6) is 0 Å². The molecule has 1 aromatic rings. The van der Waals surface area contributed by atoms with Crippen molar-refractivity contribution in [3.8, 4) is 0 Å². The first-order valence-corrected chi connectivity index (χ1v) is 7.92. The third-order valence-corrected chi connectivity index (χ3v) is 3.23. The minimum Gasteiger partial charge on any atom is -0.383 e. The summed E-state index contributed by atoms with van der Waals surface area (Å²) < 4.78 is 24.2. The molecule has 0 unspecified atom stereocenters. The highest BCUT2D eigenvalue weighted by atomic mass is 32.2. The van der Waals surface area contributed by atoms with Gasteiger partial charge in [-0.1, -0.05) is 13.8 Å². The molecular weight excluding hydrogens is 266 g/mol. The van der Waals surface area contributed by atoms with Gasteiger partial charge in [0.25, 0.3) is 0 Å². The Bertz CT molecular complexity index is 542. The lowest BCUT2D eigenvalue weighted by molar-refractivity contribution is 0.589. The summed E-state index contributed by atoms with van der Waals surface area (Å²) in [5.74, 6) is 1.93. The zero-order valence-corrected chi connectivity index (χ0v) is 12.5. The van der Waals surface area contributed by atoms with Crippen molar-refractivity contribution in [1.82, 2.24) is 14.7 Å². The number of nitrogens with zero attached hydrogens (tertiary/aromatic N) is 2. The number of aromatic nitrogens is 2. The fourth-order valence-corrected chi connectivity index (χ4v) is 1.87. The van der Waals surface area contributed by atoms with E-state index in [2.05, 4.69) is 20.0 Å². The van der Waals surface area contributed by atoms with Crippen LogP contribution in [0.15, 0.2) is 0 Å². The van der Waals surface area contributed by atoms with Gasteiger partial charge >= 0.3 is 0 Å². The third kappa shape index (κ3) is 4.99. The lowest BCUT2D eigenvalue weighted by Gasteiger charge is -2.13. The number of sulfonamides is 1. The Morgan fingerprint density at radius 2 is 1.89 bits per heavy atom. The Hall–Kier alpha value is -1.41. The molecule has 0 saturated carbocycles. The molecule has 0 saturated heterocycles. The first kappa shape index (κ1) is 15.6. The molecule has 0 fully saturated rings. The molecule has 7 nitrogen and oxygen atoms in total. The van der Waals surface area contributed by atoms with Crippen molar-refractivity contribution in [2.24, 2.45) is 0 Å². The minimum atomic E-state index is -3.17. The van der Waals surface area contributed by atoms with Crippen molar-refractivity contribution in [2.45, 2.75) is 26.7 Å². The number of hydrogen-bond donors (Lipinski definition) is 3. The van der Waals surface area contributed by atoms with Crippen LogP contribution in [0.3, 0.4) is 0 Å². The van der Waals surface area contributed by atoms with Gasteiger partial charge in [-0.3, -0.25) is 0 Å². The fourth-order valence-electron chi connectivity index (χ4n) is 1.40. The maximum Gasteiger partial charge on any atom is 0.208 e. The Morgan fingerprint density at radius 1 is 1.26 bits per heavy atom. The lowest BCUT2D eigenvalue weighted by Crippen LogP contribution is -2.28.